The number of nitroso groups, excluding NO2 is 1. The number of aromatic nitrogens is 2. The Morgan fingerprint density at radius 1 is 1.04 bits per heavy atom. The van der Waals surface area contributed by atoms with Gasteiger partial charge in [-0.15, -0.1) is 4.91 Å². The van der Waals surface area contributed by atoms with Gasteiger partial charge in [-0.3, -0.25) is 4.79 Å². The number of fused-ring (bicyclic) bond motifs is 1. The van der Waals surface area contributed by atoms with Crippen molar-refractivity contribution < 1.29 is 14.5 Å². The lowest BCUT2D eigenvalue weighted by atomic mass is 10.1. The number of nitrogens with zero attached hydrogens (tertiary/aromatic N) is 3. The zero-order valence-corrected chi connectivity index (χ0v) is 13.5. The number of hydrogen-bond acceptors (Lipinski definition) is 7. The fraction of sp³-hybridized carbons (Fsp3) is 0.562. The van der Waals surface area contributed by atoms with Crippen molar-refractivity contribution in [2.45, 2.75) is 51.4 Å². The molecule has 0 spiro atoms. The predicted octanol–water partition coefficient (Wildman–Crippen LogP) is 4.24. The molecule has 1 aromatic carbocycles. The molecule has 0 saturated carbocycles. The molecule has 24 heavy (non-hydrogen) atoms. The van der Waals surface area contributed by atoms with Crippen molar-refractivity contribution in [1.29, 1.82) is 0 Å². The number of anilines is 1. The highest BCUT2D eigenvalue weighted by Crippen LogP contribution is 2.28. The molecule has 0 saturated heterocycles. The molecular weight excluding hydrogens is 312 g/mol. The summed E-state index contributed by atoms with van der Waals surface area (Å²) >= 11 is 0. The monoisotopic (exact) mass is 334 g/mol. The highest BCUT2D eigenvalue weighted by Gasteiger charge is 2.11. The fourth-order valence-corrected chi connectivity index (χ4v) is 2.58. The molecule has 0 unspecified atom stereocenters. The largest absolute Gasteiger partial charge is 0.481 e. The van der Waals surface area contributed by atoms with Crippen LogP contribution in [-0.4, -0.2) is 27.9 Å². The second-order valence-corrected chi connectivity index (χ2v) is 5.73. The van der Waals surface area contributed by atoms with E-state index in [1.807, 2.05) is 0 Å². The Hall–Kier alpha value is -2.51. The van der Waals surface area contributed by atoms with E-state index in [-0.39, 0.29) is 12.1 Å². The first-order valence-electron chi connectivity index (χ1n) is 8.26. The van der Waals surface area contributed by atoms with Crippen LogP contribution in [0.2, 0.25) is 0 Å². The Morgan fingerprint density at radius 3 is 2.42 bits per heavy atom. The minimum Gasteiger partial charge on any atom is -0.481 e. The fourth-order valence-electron chi connectivity index (χ4n) is 2.58. The van der Waals surface area contributed by atoms with Crippen LogP contribution in [0.25, 0.3) is 11.0 Å². The van der Waals surface area contributed by atoms with Gasteiger partial charge in [0, 0.05) is 13.0 Å². The van der Waals surface area contributed by atoms with E-state index in [0.29, 0.717) is 11.0 Å². The number of benzene rings is 1. The quantitative estimate of drug-likeness (QED) is 0.440. The molecule has 0 fully saturated rings. The molecule has 1 heterocycles. The van der Waals surface area contributed by atoms with Gasteiger partial charge in [0.05, 0.1) is 5.69 Å². The second kappa shape index (κ2) is 9.59. The predicted molar refractivity (Wildman–Crippen MR) is 90.3 cm³/mol. The van der Waals surface area contributed by atoms with Crippen molar-refractivity contribution in [2.75, 3.05) is 11.9 Å². The number of hydrogen-bond donors (Lipinski definition) is 2. The zero-order valence-electron chi connectivity index (χ0n) is 13.5. The molecular formula is C16H22N4O4. The standard InChI is InChI=1S/C16H22N4O4/c21-14(22)8-6-4-2-1-3-5-7-11-17-12-9-10-13(18-23)16-15(12)19-24-20-16/h9-10,17H,1-8,11H2,(H,21,22). The average molecular weight is 334 g/mol. The van der Waals surface area contributed by atoms with Crippen LogP contribution in [-0.2, 0) is 4.79 Å². The number of carbonyl (C=O) groups is 1. The van der Waals surface area contributed by atoms with Gasteiger partial charge in [0.25, 0.3) is 0 Å². The first-order valence-corrected chi connectivity index (χ1v) is 8.26. The lowest BCUT2D eigenvalue weighted by Gasteiger charge is -2.06. The minimum absolute atomic E-state index is 0.222. The highest BCUT2D eigenvalue weighted by atomic mass is 16.6. The lowest BCUT2D eigenvalue weighted by molar-refractivity contribution is -0.137. The van der Waals surface area contributed by atoms with Crippen molar-refractivity contribution in [2.24, 2.45) is 5.18 Å². The van der Waals surface area contributed by atoms with Crippen LogP contribution in [0.15, 0.2) is 21.9 Å². The summed E-state index contributed by atoms with van der Waals surface area (Å²) in [5.74, 6) is -0.713. The Kier molecular flexibility index (Phi) is 7.13. The molecule has 8 heteroatoms. The number of rotatable bonds is 12. The molecule has 2 rings (SSSR count). The van der Waals surface area contributed by atoms with Crippen LogP contribution >= 0.6 is 0 Å². The first-order chi connectivity index (χ1) is 11.7. The maximum absolute atomic E-state index is 10.7. The van der Waals surface area contributed by atoms with E-state index in [2.05, 4.69) is 25.4 Å². The molecule has 0 amide bonds. The molecule has 2 aromatic rings. The maximum Gasteiger partial charge on any atom is 0.303 e. The number of unbranched alkanes of at least 4 members (excludes halogenated alkanes) is 6. The Balaban J connectivity index is 1.61. The van der Waals surface area contributed by atoms with E-state index in [1.54, 1.807) is 12.1 Å². The Bertz CT molecular complexity index is 671. The summed E-state index contributed by atoms with van der Waals surface area (Å²) in [4.78, 5) is 21.1. The van der Waals surface area contributed by atoms with E-state index in [1.165, 1.54) is 0 Å². The van der Waals surface area contributed by atoms with Crippen molar-refractivity contribution in [3.05, 3.63) is 17.0 Å². The van der Waals surface area contributed by atoms with Gasteiger partial charge in [-0.25, -0.2) is 4.63 Å². The number of carboxylic acid groups (broad SMARTS) is 1. The molecule has 0 aliphatic heterocycles. The van der Waals surface area contributed by atoms with Gasteiger partial charge in [0.2, 0.25) is 0 Å². The van der Waals surface area contributed by atoms with E-state index in [4.69, 9.17) is 5.11 Å². The SMILES string of the molecule is O=Nc1ccc(NCCCCCCCCCC(=O)O)c2nonc12. The summed E-state index contributed by atoms with van der Waals surface area (Å²) < 4.78 is 4.68. The zero-order chi connectivity index (χ0) is 17.2. The molecule has 8 nitrogen and oxygen atoms in total. The van der Waals surface area contributed by atoms with Gasteiger partial charge >= 0.3 is 5.97 Å². The molecule has 0 radical (unpaired) electrons. The number of carboxylic acids is 1. The average Bonchev–Trinajstić information content (AvgIpc) is 3.06. The van der Waals surface area contributed by atoms with Crippen molar-refractivity contribution in [1.82, 2.24) is 10.3 Å². The molecule has 0 aliphatic carbocycles. The van der Waals surface area contributed by atoms with Crippen molar-refractivity contribution in [3.8, 4) is 0 Å². The summed E-state index contributed by atoms with van der Waals surface area (Å²) in [5.41, 5.74) is 1.90. The smallest absolute Gasteiger partial charge is 0.303 e. The molecule has 0 atom stereocenters. The van der Waals surface area contributed by atoms with Crippen molar-refractivity contribution in [3.63, 3.8) is 0 Å². The maximum atomic E-state index is 10.7. The summed E-state index contributed by atoms with van der Waals surface area (Å²) in [5, 5.41) is 22.2. The van der Waals surface area contributed by atoms with E-state index in [0.717, 1.165) is 57.2 Å². The number of nitrogens with one attached hydrogen (secondary N) is 1. The summed E-state index contributed by atoms with van der Waals surface area (Å²) in [7, 11) is 0. The molecule has 0 aliphatic rings. The molecule has 0 bridgehead atoms. The summed E-state index contributed by atoms with van der Waals surface area (Å²) in [6.45, 7) is 0.800. The van der Waals surface area contributed by atoms with Gasteiger partial charge in [0.1, 0.15) is 5.69 Å². The van der Waals surface area contributed by atoms with Gasteiger partial charge < -0.3 is 10.4 Å². The first kappa shape index (κ1) is 17.8. The third-order valence-corrected chi connectivity index (χ3v) is 3.88. The molecule has 130 valence electrons. The van der Waals surface area contributed by atoms with Crippen LogP contribution in [0, 0.1) is 4.91 Å². The van der Waals surface area contributed by atoms with Crippen LogP contribution < -0.4 is 5.32 Å². The van der Waals surface area contributed by atoms with Gasteiger partial charge in [-0.2, -0.15) is 0 Å². The Labute approximate surface area is 139 Å². The van der Waals surface area contributed by atoms with Crippen LogP contribution in [0.4, 0.5) is 11.4 Å². The highest BCUT2D eigenvalue weighted by molar-refractivity contribution is 5.94. The van der Waals surface area contributed by atoms with Gasteiger partial charge in [-0.05, 0) is 40.5 Å². The molecule has 2 N–H and O–H groups in total. The molecule has 1 aromatic heterocycles. The van der Waals surface area contributed by atoms with E-state index >= 15 is 0 Å². The van der Waals surface area contributed by atoms with E-state index < -0.39 is 5.97 Å². The lowest BCUT2D eigenvalue weighted by Crippen LogP contribution is -2.02. The normalized spacial score (nSPS) is 10.8. The van der Waals surface area contributed by atoms with Crippen LogP contribution in [0.1, 0.15) is 51.4 Å². The second-order valence-electron chi connectivity index (χ2n) is 5.73. The third-order valence-electron chi connectivity index (χ3n) is 3.88. The van der Waals surface area contributed by atoms with Gasteiger partial charge in [0.15, 0.2) is 11.0 Å². The number of aliphatic carboxylic acids is 1. The third kappa shape index (κ3) is 5.29. The summed E-state index contributed by atoms with van der Waals surface area (Å²) in [6, 6.07) is 3.35. The van der Waals surface area contributed by atoms with Crippen LogP contribution in [0.5, 0.6) is 0 Å². The topological polar surface area (TPSA) is 118 Å². The van der Waals surface area contributed by atoms with Crippen molar-refractivity contribution >= 4 is 28.4 Å². The van der Waals surface area contributed by atoms with Gasteiger partial charge in [-0.1, -0.05) is 32.1 Å². The van der Waals surface area contributed by atoms with Crippen LogP contribution in [0.3, 0.4) is 0 Å². The van der Waals surface area contributed by atoms with E-state index in [9.17, 15) is 9.70 Å². The minimum atomic E-state index is -0.713. The summed E-state index contributed by atoms with van der Waals surface area (Å²) in [6.07, 6.45) is 7.53. The Morgan fingerprint density at radius 2 is 1.71 bits per heavy atom.